The van der Waals surface area contributed by atoms with Crippen LogP contribution in [0.5, 0.6) is 0 Å². The van der Waals surface area contributed by atoms with Crippen LogP contribution < -0.4 is 0 Å². The maximum Gasteiger partial charge on any atom is 0.344 e. The number of ketones is 1. The number of carbonyl (C=O) groups is 2. The molecule has 0 aliphatic heterocycles. The molecule has 0 radical (unpaired) electrons. The van der Waals surface area contributed by atoms with Gasteiger partial charge in [0.2, 0.25) is 5.78 Å². The zero-order valence-corrected chi connectivity index (χ0v) is 19.0. The largest absolute Gasteiger partial charge is 0.454 e. The Labute approximate surface area is 192 Å². The number of ether oxygens (including phenoxy) is 1. The second kappa shape index (κ2) is 8.67. The van der Waals surface area contributed by atoms with E-state index in [1.54, 1.807) is 30.5 Å². The van der Waals surface area contributed by atoms with Crippen LogP contribution in [0.3, 0.4) is 0 Å². The molecule has 0 saturated heterocycles. The van der Waals surface area contributed by atoms with Crippen molar-refractivity contribution in [3.63, 3.8) is 0 Å². The van der Waals surface area contributed by atoms with Crippen molar-refractivity contribution >= 4 is 23.4 Å². The van der Waals surface area contributed by atoms with Gasteiger partial charge in [-0.3, -0.25) is 9.36 Å². The summed E-state index contributed by atoms with van der Waals surface area (Å²) >= 11 is 6.10. The van der Waals surface area contributed by atoms with Crippen LogP contribution >= 0.6 is 11.6 Å². The van der Waals surface area contributed by atoms with Crippen molar-refractivity contribution in [2.45, 2.75) is 27.7 Å². The summed E-state index contributed by atoms with van der Waals surface area (Å²) in [4.78, 5) is 25.6. The van der Waals surface area contributed by atoms with E-state index in [1.165, 1.54) is 25.1 Å². The minimum atomic E-state index is -0.877. The Morgan fingerprint density at radius 3 is 2.55 bits per heavy atom. The van der Waals surface area contributed by atoms with E-state index in [-0.39, 0.29) is 27.6 Å². The fraction of sp³-hybridized carbons (Fsp3) is 0.217. The first-order valence-corrected chi connectivity index (χ1v) is 10.3. The van der Waals surface area contributed by atoms with Gasteiger partial charge in [0.25, 0.3) is 0 Å². The van der Waals surface area contributed by atoms with E-state index in [4.69, 9.17) is 25.4 Å². The molecule has 3 aromatic heterocycles. The molecule has 10 heteroatoms. The van der Waals surface area contributed by atoms with Gasteiger partial charge in [-0.15, -0.1) is 0 Å². The van der Waals surface area contributed by atoms with Gasteiger partial charge >= 0.3 is 5.97 Å². The summed E-state index contributed by atoms with van der Waals surface area (Å²) in [5, 5.41) is 7.82. The van der Waals surface area contributed by atoms with Crippen LogP contribution in [0.2, 0.25) is 5.02 Å². The summed E-state index contributed by atoms with van der Waals surface area (Å²) in [5.74, 6) is -0.670. The minimum Gasteiger partial charge on any atom is -0.454 e. The van der Waals surface area contributed by atoms with Crippen LogP contribution in [0.25, 0.3) is 17.1 Å². The Morgan fingerprint density at radius 2 is 1.88 bits per heavy atom. The molecule has 0 spiro atoms. The van der Waals surface area contributed by atoms with Crippen LogP contribution in [0.4, 0.5) is 4.39 Å². The van der Waals surface area contributed by atoms with Crippen LogP contribution in [0.15, 0.2) is 39.4 Å². The summed E-state index contributed by atoms with van der Waals surface area (Å²) in [5.41, 5.74) is 1.50. The number of halogens is 2. The van der Waals surface area contributed by atoms with E-state index in [1.807, 2.05) is 6.92 Å². The third-order valence-electron chi connectivity index (χ3n) is 5.18. The first kappa shape index (κ1) is 22.5. The summed E-state index contributed by atoms with van der Waals surface area (Å²) in [6, 6.07) is 7.52. The molecule has 170 valence electrons. The van der Waals surface area contributed by atoms with Crippen molar-refractivity contribution in [1.82, 2.24) is 14.9 Å². The van der Waals surface area contributed by atoms with Gasteiger partial charge in [-0.25, -0.2) is 9.18 Å². The normalized spacial score (nSPS) is 11.1. The van der Waals surface area contributed by atoms with Gasteiger partial charge in [0.1, 0.15) is 28.6 Å². The van der Waals surface area contributed by atoms with E-state index in [9.17, 15) is 14.0 Å². The minimum absolute atomic E-state index is 0.0592. The molecule has 4 aromatic rings. The quantitative estimate of drug-likeness (QED) is 0.282. The number of aryl methyl sites for hydroxylation is 3. The molecule has 0 fully saturated rings. The van der Waals surface area contributed by atoms with Crippen molar-refractivity contribution in [2.75, 3.05) is 6.61 Å². The number of rotatable bonds is 6. The van der Waals surface area contributed by atoms with Crippen molar-refractivity contribution in [2.24, 2.45) is 0 Å². The lowest BCUT2D eigenvalue weighted by Crippen LogP contribution is -2.16. The number of esters is 1. The molecule has 8 nitrogen and oxygen atoms in total. The third-order valence-corrected chi connectivity index (χ3v) is 5.49. The third kappa shape index (κ3) is 4.07. The molecule has 0 unspecified atom stereocenters. The maximum absolute atomic E-state index is 14.4. The molecule has 33 heavy (non-hydrogen) atoms. The monoisotopic (exact) mass is 471 g/mol. The average molecular weight is 472 g/mol. The topological polar surface area (TPSA) is 100 Å². The van der Waals surface area contributed by atoms with E-state index in [0.29, 0.717) is 22.8 Å². The number of aromatic nitrogens is 3. The molecule has 0 atom stereocenters. The second-order valence-electron chi connectivity index (χ2n) is 7.47. The van der Waals surface area contributed by atoms with E-state index < -0.39 is 24.2 Å². The Balaban J connectivity index is 1.57. The predicted octanol–water partition coefficient (Wildman–Crippen LogP) is 5.19. The zero-order chi connectivity index (χ0) is 23.9. The zero-order valence-electron chi connectivity index (χ0n) is 18.2. The Kier molecular flexibility index (Phi) is 5.90. The summed E-state index contributed by atoms with van der Waals surface area (Å²) in [6.45, 7) is 6.30. The molecular weight excluding hydrogens is 453 g/mol. The summed E-state index contributed by atoms with van der Waals surface area (Å²) in [7, 11) is 0. The predicted molar refractivity (Wildman–Crippen MR) is 116 cm³/mol. The highest BCUT2D eigenvalue weighted by molar-refractivity contribution is 6.33. The molecule has 3 heterocycles. The highest BCUT2D eigenvalue weighted by atomic mass is 35.5. The molecule has 0 N–H and O–H groups in total. The molecule has 1 aromatic carbocycles. The van der Waals surface area contributed by atoms with Gasteiger partial charge in [0, 0.05) is 23.0 Å². The van der Waals surface area contributed by atoms with Crippen LogP contribution in [-0.4, -0.2) is 33.2 Å². The van der Waals surface area contributed by atoms with Gasteiger partial charge in [-0.05, 0) is 45.9 Å². The molecule has 0 bridgehead atoms. The standard InChI is InChI=1S/C23H19ClFN3O5/c1-11-8-15(13(3)28(11)19-9-12(2)32-26-19)18(29)10-31-23(30)20-14(4)33-27-22(20)21-16(24)6-5-7-17(21)25/h5-9H,10H2,1-4H3. The van der Waals surface area contributed by atoms with Gasteiger partial charge < -0.3 is 13.8 Å². The number of nitrogens with zero attached hydrogens (tertiary/aromatic N) is 3. The summed E-state index contributed by atoms with van der Waals surface area (Å²) in [6.07, 6.45) is 0. The lowest BCUT2D eigenvalue weighted by Gasteiger charge is -2.07. The number of hydrogen-bond donors (Lipinski definition) is 0. The van der Waals surface area contributed by atoms with Gasteiger partial charge in [0.05, 0.1) is 10.6 Å². The molecule has 0 aliphatic rings. The first-order chi connectivity index (χ1) is 15.7. The highest BCUT2D eigenvalue weighted by Gasteiger charge is 2.27. The summed E-state index contributed by atoms with van der Waals surface area (Å²) < 4.78 is 31.6. The van der Waals surface area contributed by atoms with Crippen LogP contribution in [-0.2, 0) is 4.74 Å². The van der Waals surface area contributed by atoms with Crippen LogP contribution in [0, 0.1) is 33.5 Å². The van der Waals surface area contributed by atoms with E-state index in [2.05, 4.69) is 10.3 Å². The fourth-order valence-electron chi connectivity index (χ4n) is 3.64. The van der Waals surface area contributed by atoms with Gasteiger partial charge in [-0.2, -0.15) is 0 Å². The van der Waals surface area contributed by atoms with E-state index in [0.717, 1.165) is 5.69 Å². The van der Waals surface area contributed by atoms with E-state index >= 15 is 0 Å². The number of carbonyl (C=O) groups excluding carboxylic acids is 2. The SMILES string of the molecule is Cc1cc(-n2c(C)cc(C(=O)COC(=O)c3c(-c4c(F)cccc4Cl)noc3C)c2C)no1. The van der Waals surface area contributed by atoms with Crippen molar-refractivity contribution < 1.29 is 27.8 Å². The fourth-order valence-corrected chi connectivity index (χ4v) is 3.90. The number of benzene rings is 1. The smallest absolute Gasteiger partial charge is 0.344 e. The van der Waals surface area contributed by atoms with Crippen LogP contribution in [0.1, 0.15) is 43.6 Å². The molecule has 0 amide bonds. The lowest BCUT2D eigenvalue weighted by molar-refractivity contribution is 0.0473. The van der Waals surface area contributed by atoms with Crippen molar-refractivity contribution in [1.29, 1.82) is 0 Å². The maximum atomic E-state index is 14.4. The van der Waals surface area contributed by atoms with Gasteiger partial charge in [-0.1, -0.05) is 28.0 Å². The molecule has 0 aliphatic carbocycles. The highest BCUT2D eigenvalue weighted by Crippen LogP contribution is 2.33. The number of Topliss-reactive ketones (excluding diaryl/α,β-unsaturated/α-hetero) is 1. The first-order valence-electron chi connectivity index (χ1n) is 9.92. The molecular formula is C23H19ClFN3O5. The molecule has 4 rings (SSSR count). The second-order valence-corrected chi connectivity index (χ2v) is 7.88. The van der Waals surface area contributed by atoms with Crippen molar-refractivity contribution in [3.8, 4) is 17.1 Å². The Hall–Kier alpha value is -3.72. The lowest BCUT2D eigenvalue weighted by atomic mass is 10.1. The van der Waals surface area contributed by atoms with Crippen molar-refractivity contribution in [3.05, 3.63) is 75.2 Å². The average Bonchev–Trinajstić information content (AvgIpc) is 3.43. The Morgan fingerprint density at radius 1 is 1.12 bits per heavy atom. The van der Waals surface area contributed by atoms with Gasteiger partial charge in [0.15, 0.2) is 12.4 Å². The number of hydrogen-bond acceptors (Lipinski definition) is 7. The molecule has 0 saturated carbocycles. The Bertz CT molecular complexity index is 1360.